The average Bonchev–Trinajstić information content (AvgIpc) is 2.63. The van der Waals surface area contributed by atoms with Crippen molar-refractivity contribution in [1.82, 2.24) is 14.8 Å². The number of carbonyl (C=O) groups excluding carboxylic acids is 1. The highest BCUT2D eigenvalue weighted by atomic mass is 16.1. The molecule has 0 atom stereocenters. The van der Waals surface area contributed by atoms with Crippen LogP contribution in [0.5, 0.6) is 0 Å². The molecule has 0 fully saturated rings. The molecule has 4 nitrogen and oxygen atoms in total. The predicted octanol–water partition coefficient (Wildman–Crippen LogP) is 1.86. The maximum atomic E-state index is 12.1. The van der Waals surface area contributed by atoms with E-state index >= 15 is 0 Å². The molecule has 0 saturated carbocycles. The van der Waals surface area contributed by atoms with Crippen LogP contribution >= 0.6 is 0 Å². The summed E-state index contributed by atoms with van der Waals surface area (Å²) in [5, 5.41) is 4.04. The van der Waals surface area contributed by atoms with Gasteiger partial charge < -0.3 is 0 Å². The highest BCUT2D eigenvalue weighted by molar-refractivity contribution is 5.96. The number of rotatable bonds is 3. The van der Waals surface area contributed by atoms with Crippen molar-refractivity contribution in [2.45, 2.75) is 20.3 Å². The normalized spacial score (nSPS) is 10.5. The quantitative estimate of drug-likeness (QED) is 0.755. The van der Waals surface area contributed by atoms with Crippen molar-refractivity contribution < 1.29 is 4.79 Å². The van der Waals surface area contributed by atoms with Gasteiger partial charge in [0.05, 0.1) is 6.20 Å². The maximum Gasteiger partial charge on any atom is 0.185 e. The first-order valence-electron chi connectivity index (χ1n) is 5.50. The number of nitrogens with zero attached hydrogens (tertiary/aromatic N) is 3. The van der Waals surface area contributed by atoms with Crippen LogP contribution in [0.2, 0.25) is 0 Å². The third-order valence-corrected chi connectivity index (χ3v) is 2.60. The van der Waals surface area contributed by atoms with Crippen LogP contribution in [-0.4, -0.2) is 20.5 Å². The molecule has 4 heteroatoms. The second-order valence-electron chi connectivity index (χ2n) is 4.30. The molecule has 0 spiro atoms. The van der Waals surface area contributed by atoms with Crippen LogP contribution in [0.3, 0.4) is 0 Å². The Morgan fingerprint density at radius 3 is 2.71 bits per heavy atom. The number of hydrogen-bond donors (Lipinski definition) is 0. The van der Waals surface area contributed by atoms with E-state index in [1.165, 1.54) is 0 Å². The van der Waals surface area contributed by atoms with Gasteiger partial charge in [0.1, 0.15) is 5.69 Å². The lowest BCUT2D eigenvalue weighted by atomic mass is 10.1. The first-order chi connectivity index (χ1) is 8.06. The molecule has 0 aliphatic carbocycles. The number of ketones is 1. The molecule has 0 bridgehead atoms. The zero-order valence-electron chi connectivity index (χ0n) is 10.3. The standard InChI is InChI=1S/C13H15N3O/c1-9-4-10(2)13(14-6-9)12(17)5-11-7-15-16(3)8-11/h4,6-8H,5H2,1-3H3. The molecule has 2 rings (SSSR count). The largest absolute Gasteiger partial charge is 0.292 e. The predicted molar refractivity (Wildman–Crippen MR) is 65.0 cm³/mol. The Balaban J connectivity index is 2.20. The van der Waals surface area contributed by atoms with Gasteiger partial charge in [0.25, 0.3) is 0 Å². The maximum absolute atomic E-state index is 12.1. The van der Waals surface area contributed by atoms with Crippen molar-refractivity contribution in [1.29, 1.82) is 0 Å². The van der Waals surface area contributed by atoms with Crippen molar-refractivity contribution in [2.24, 2.45) is 7.05 Å². The van der Waals surface area contributed by atoms with Crippen LogP contribution in [0, 0.1) is 13.8 Å². The number of aryl methyl sites for hydroxylation is 3. The van der Waals surface area contributed by atoms with E-state index in [9.17, 15) is 4.79 Å². The summed E-state index contributed by atoms with van der Waals surface area (Å²) in [5.41, 5.74) is 3.47. The molecule has 0 aromatic carbocycles. The third kappa shape index (κ3) is 2.58. The summed E-state index contributed by atoms with van der Waals surface area (Å²) in [6.07, 6.45) is 5.64. The van der Waals surface area contributed by atoms with E-state index < -0.39 is 0 Å². The first-order valence-corrected chi connectivity index (χ1v) is 5.50. The Morgan fingerprint density at radius 2 is 2.12 bits per heavy atom. The molecule has 2 aromatic rings. The van der Waals surface area contributed by atoms with Crippen molar-refractivity contribution in [3.63, 3.8) is 0 Å². The molecule has 88 valence electrons. The molecule has 0 saturated heterocycles. The fraction of sp³-hybridized carbons (Fsp3) is 0.308. The smallest absolute Gasteiger partial charge is 0.185 e. The summed E-state index contributed by atoms with van der Waals surface area (Å²) in [7, 11) is 1.84. The highest BCUT2D eigenvalue weighted by Crippen LogP contribution is 2.10. The molecular formula is C13H15N3O. The highest BCUT2D eigenvalue weighted by Gasteiger charge is 2.12. The van der Waals surface area contributed by atoms with E-state index in [-0.39, 0.29) is 5.78 Å². The molecule has 2 heterocycles. The fourth-order valence-corrected chi connectivity index (χ4v) is 1.84. The van der Waals surface area contributed by atoms with Gasteiger partial charge in [0, 0.05) is 25.9 Å². The van der Waals surface area contributed by atoms with Crippen molar-refractivity contribution >= 4 is 5.78 Å². The molecule has 0 unspecified atom stereocenters. The lowest BCUT2D eigenvalue weighted by Crippen LogP contribution is -2.08. The first kappa shape index (κ1) is 11.5. The summed E-state index contributed by atoms with van der Waals surface area (Å²) in [5.74, 6) is 0.0375. The van der Waals surface area contributed by atoms with E-state index in [4.69, 9.17) is 0 Å². The van der Waals surface area contributed by atoms with Crippen LogP contribution in [-0.2, 0) is 13.5 Å². The zero-order valence-corrected chi connectivity index (χ0v) is 10.3. The number of hydrogen-bond acceptors (Lipinski definition) is 3. The molecular weight excluding hydrogens is 214 g/mol. The van der Waals surface area contributed by atoms with Gasteiger partial charge in [-0.1, -0.05) is 6.07 Å². The minimum atomic E-state index is 0.0375. The summed E-state index contributed by atoms with van der Waals surface area (Å²) in [4.78, 5) is 16.3. The minimum absolute atomic E-state index is 0.0375. The summed E-state index contributed by atoms with van der Waals surface area (Å²) in [6, 6.07) is 1.98. The van der Waals surface area contributed by atoms with E-state index in [1.54, 1.807) is 17.1 Å². The summed E-state index contributed by atoms with van der Waals surface area (Å²) >= 11 is 0. The van der Waals surface area contributed by atoms with Crippen LogP contribution in [0.25, 0.3) is 0 Å². The Morgan fingerprint density at radius 1 is 1.35 bits per heavy atom. The molecule has 0 N–H and O–H groups in total. The van der Waals surface area contributed by atoms with E-state index in [0.717, 1.165) is 16.7 Å². The van der Waals surface area contributed by atoms with Gasteiger partial charge in [-0.2, -0.15) is 5.10 Å². The molecule has 17 heavy (non-hydrogen) atoms. The van der Waals surface area contributed by atoms with Crippen LogP contribution in [0.1, 0.15) is 27.2 Å². The van der Waals surface area contributed by atoms with Crippen molar-refractivity contribution in [3.8, 4) is 0 Å². The number of Topliss-reactive ketones (excluding diaryl/α,β-unsaturated/α-hetero) is 1. The van der Waals surface area contributed by atoms with Crippen molar-refractivity contribution in [2.75, 3.05) is 0 Å². The number of pyridine rings is 1. The number of carbonyl (C=O) groups is 1. The monoisotopic (exact) mass is 229 g/mol. The molecule has 0 amide bonds. The van der Waals surface area contributed by atoms with E-state index in [2.05, 4.69) is 10.1 Å². The molecule has 0 aliphatic rings. The topological polar surface area (TPSA) is 47.8 Å². The number of aromatic nitrogens is 3. The summed E-state index contributed by atoms with van der Waals surface area (Å²) < 4.78 is 1.69. The van der Waals surface area contributed by atoms with Gasteiger partial charge in [0.2, 0.25) is 0 Å². The Kier molecular flexibility index (Phi) is 3.04. The van der Waals surface area contributed by atoms with Gasteiger partial charge in [-0.25, -0.2) is 0 Å². The fourth-order valence-electron chi connectivity index (χ4n) is 1.84. The van der Waals surface area contributed by atoms with Crippen molar-refractivity contribution in [3.05, 3.63) is 47.0 Å². The Hall–Kier alpha value is -1.97. The molecule has 0 aliphatic heterocycles. The second-order valence-corrected chi connectivity index (χ2v) is 4.30. The average molecular weight is 229 g/mol. The lowest BCUT2D eigenvalue weighted by molar-refractivity contribution is 0.0987. The molecule has 0 radical (unpaired) electrons. The Labute approximate surface area is 100 Å². The van der Waals surface area contributed by atoms with Crippen LogP contribution < -0.4 is 0 Å². The third-order valence-electron chi connectivity index (χ3n) is 2.60. The Bertz CT molecular complexity index is 558. The lowest BCUT2D eigenvalue weighted by Gasteiger charge is -2.03. The van der Waals surface area contributed by atoms with Gasteiger partial charge in [-0.15, -0.1) is 0 Å². The van der Waals surface area contributed by atoms with Gasteiger partial charge in [-0.3, -0.25) is 14.5 Å². The van der Waals surface area contributed by atoms with Gasteiger partial charge >= 0.3 is 0 Å². The second kappa shape index (κ2) is 4.49. The van der Waals surface area contributed by atoms with Gasteiger partial charge in [-0.05, 0) is 30.5 Å². The molecule has 2 aromatic heterocycles. The van der Waals surface area contributed by atoms with Crippen LogP contribution in [0.15, 0.2) is 24.7 Å². The SMILES string of the molecule is Cc1cnc(C(=O)Cc2cnn(C)c2)c(C)c1. The van der Waals surface area contributed by atoms with E-state index in [0.29, 0.717) is 12.1 Å². The minimum Gasteiger partial charge on any atom is -0.292 e. The van der Waals surface area contributed by atoms with Gasteiger partial charge in [0.15, 0.2) is 5.78 Å². The van der Waals surface area contributed by atoms with E-state index in [1.807, 2.05) is 33.2 Å². The zero-order chi connectivity index (χ0) is 12.4. The summed E-state index contributed by atoms with van der Waals surface area (Å²) in [6.45, 7) is 3.88. The van der Waals surface area contributed by atoms with Crippen LogP contribution in [0.4, 0.5) is 0 Å².